The molecule has 0 aliphatic carbocycles. The van der Waals surface area contributed by atoms with Gasteiger partial charge in [0.25, 0.3) is 5.56 Å². The highest BCUT2D eigenvalue weighted by atomic mass is 16.3. The maximum atomic E-state index is 11.8. The van der Waals surface area contributed by atoms with Gasteiger partial charge in [-0.1, -0.05) is 6.92 Å². The van der Waals surface area contributed by atoms with Crippen LogP contribution in [0.2, 0.25) is 0 Å². The first kappa shape index (κ1) is 14.8. The van der Waals surface area contributed by atoms with Crippen LogP contribution in [0.1, 0.15) is 24.9 Å². The lowest BCUT2D eigenvalue weighted by molar-refractivity contribution is -0.111. The predicted molar refractivity (Wildman–Crippen MR) is 82.1 cm³/mol. The van der Waals surface area contributed by atoms with Gasteiger partial charge >= 0.3 is 0 Å². The molecule has 110 valence electrons. The number of carbonyl (C=O) groups excluding carboxylic acids is 1. The minimum Gasteiger partial charge on any atom is -0.462 e. The summed E-state index contributed by atoms with van der Waals surface area (Å²) in [6.07, 6.45) is 5.50. The Morgan fingerprint density at radius 3 is 2.81 bits per heavy atom. The Morgan fingerprint density at radius 2 is 2.14 bits per heavy atom. The van der Waals surface area contributed by atoms with Crippen LogP contribution >= 0.6 is 0 Å². The average molecular weight is 286 g/mol. The molecule has 2 rings (SSSR count). The van der Waals surface area contributed by atoms with Gasteiger partial charge in [0.05, 0.1) is 5.69 Å². The maximum Gasteiger partial charge on any atom is 0.250 e. The first-order valence-electron chi connectivity index (χ1n) is 6.84. The minimum absolute atomic E-state index is 0.0727. The molecule has 0 aliphatic heterocycles. The predicted octanol–water partition coefficient (Wildman–Crippen LogP) is 2.81. The normalized spacial score (nSPS) is 11.0. The molecule has 0 aromatic carbocycles. The Morgan fingerprint density at radius 1 is 1.33 bits per heavy atom. The molecule has 2 aromatic heterocycles. The number of nitrogens with one attached hydrogen (secondary N) is 1. The van der Waals surface area contributed by atoms with Crippen LogP contribution in [-0.2, 0) is 11.3 Å². The number of carbonyl (C=O) groups is 1. The van der Waals surface area contributed by atoms with Gasteiger partial charge in [-0.25, -0.2) is 0 Å². The third-order valence-corrected chi connectivity index (χ3v) is 2.88. The van der Waals surface area contributed by atoms with Crippen LogP contribution in [0.15, 0.2) is 45.8 Å². The summed E-state index contributed by atoms with van der Waals surface area (Å²) in [5, 5.41) is 2.72. The van der Waals surface area contributed by atoms with E-state index in [4.69, 9.17) is 4.42 Å². The summed E-state index contributed by atoms with van der Waals surface area (Å²) in [5.41, 5.74) is 0.518. The topological polar surface area (TPSA) is 64.2 Å². The first-order chi connectivity index (χ1) is 10.1. The van der Waals surface area contributed by atoms with Crippen molar-refractivity contribution in [2.24, 2.45) is 0 Å². The first-order valence-corrected chi connectivity index (χ1v) is 6.84. The molecule has 0 saturated carbocycles. The van der Waals surface area contributed by atoms with E-state index in [0.29, 0.717) is 18.0 Å². The second kappa shape index (κ2) is 6.74. The largest absolute Gasteiger partial charge is 0.462 e. The number of aryl methyl sites for hydroxylation is 2. The lowest BCUT2D eigenvalue weighted by atomic mass is 10.3. The zero-order valence-corrected chi connectivity index (χ0v) is 12.1. The van der Waals surface area contributed by atoms with E-state index in [1.54, 1.807) is 29.0 Å². The van der Waals surface area contributed by atoms with Crippen LogP contribution in [0.3, 0.4) is 0 Å². The fourth-order valence-electron chi connectivity index (χ4n) is 1.91. The second-order valence-corrected chi connectivity index (χ2v) is 4.72. The summed E-state index contributed by atoms with van der Waals surface area (Å²) in [4.78, 5) is 23.4. The molecule has 2 aromatic rings. The maximum absolute atomic E-state index is 11.8. The molecule has 0 radical (unpaired) electrons. The number of amides is 1. The number of nitrogens with zero attached hydrogens (tertiary/aromatic N) is 1. The molecule has 0 unspecified atom stereocenters. The molecule has 0 atom stereocenters. The van der Waals surface area contributed by atoms with Crippen LogP contribution in [0.5, 0.6) is 0 Å². The standard InChI is InChI=1S/C16H18N2O3/c1-3-10-18-11-13(5-9-16(18)20)17-15(19)8-7-14-6-4-12(2)21-14/h4-9,11H,3,10H2,1-2H3,(H,17,19)/b8-7+. The number of hydrogen-bond donors (Lipinski definition) is 1. The molecule has 0 fully saturated rings. The molecular weight excluding hydrogens is 268 g/mol. The Balaban J connectivity index is 2.04. The summed E-state index contributed by atoms with van der Waals surface area (Å²) in [6, 6.07) is 6.67. The van der Waals surface area contributed by atoms with E-state index in [0.717, 1.165) is 12.2 Å². The third-order valence-electron chi connectivity index (χ3n) is 2.88. The lowest BCUT2D eigenvalue weighted by Gasteiger charge is -2.07. The summed E-state index contributed by atoms with van der Waals surface area (Å²) in [7, 11) is 0. The van der Waals surface area contributed by atoms with Crippen LogP contribution in [-0.4, -0.2) is 10.5 Å². The summed E-state index contributed by atoms with van der Waals surface area (Å²) < 4.78 is 6.92. The molecule has 5 heteroatoms. The van der Waals surface area contributed by atoms with Crippen LogP contribution < -0.4 is 10.9 Å². The van der Waals surface area contributed by atoms with Gasteiger partial charge in [-0.2, -0.15) is 0 Å². The average Bonchev–Trinajstić information content (AvgIpc) is 2.86. The van der Waals surface area contributed by atoms with Gasteiger partial charge in [0, 0.05) is 24.9 Å². The molecule has 5 nitrogen and oxygen atoms in total. The summed E-state index contributed by atoms with van der Waals surface area (Å²) in [5.74, 6) is 1.14. The van der Waals surface area contributed by atoms with Gasteiger partial charge in [-0.15, -0.1) is 0 Å². The van der Waals surface area contributed by atoms with Crippen molar-refractivity contribution in [3.05, 3.63) is 58.4 Å². The van der Waals surface area contributed by atoms with E-state index in [2.05, 4.69) is 5.32 Å². The summed E-state index contributed by atoms with van der Waals surface area (Å²) >= 11 is 0. The molecular formula is C16H18N2O3. The van der Waals surface area contributed by atoms with Crippen molar-refractivity contribution in [1.82, 2.24) is 4.57 Å². The van der Waals surface area contributed by atoms with Crippen molar-refractivity contribution in [2.75, 3.05) is 5.32 Å². The van der Waals surface area contributed by atoms with Crippen LogP contribution in [0.25, 0.3) is 6.08 Å². The number of hydrogen-bond acceptors (Lipinski definition) is 3. The van der Waals surface area contributed by atoms with Crippen LogP contribution in [0, 0.1) is 6.92 Å². The SMILES string of the molecule is CCCn1cc(NC(=O)/C=C/c2ccc(C)o2)ccc1=O. The Labute approximate surface area is 122 Å². The fraction of sp³-hybridized carbons (Fsp3) is 0.250. The van der Waals surface area contributed by atoms with Crippen molar-refractivity contribution >= 4 is 17.7 Å². The van der Waals surface area contributed by atoms with Gasteiger partial charge in [0.2, 0.25) is 5.91 Å². The molecule has 0 bridgehead atoms. The van der Waals surface area contributed by atoms with Gasteiger partial charge in [0.15, 0.2) is 0 Å². The molecule has 1 N–H and O–H groups in total. The Hall–Kier alpha value is -2.56. The number of furan rings is 1. The zero-order chi connectivity index (χ0) is 15.2. The lowest BCUT2D eigenvalue weighted by Crippen LogP contribution is -2.19. The molecule has 0 spiro atoms. The molecule has 21 heavy (non-hydrogen) atoms. The van der Waals surface area contributed by atoms with Gasteiger partial charge < -0.3 is 14.3 Å². The smallest absolute Gasteiger partial charge is 0.250 e. The third kappa shape index (κ3) is 4.21. The van der Waals surface area contributed by atoms with E-state index in [-0.39, 0.29) is 11.5 Å². The van der Waals surface area contributed by atoms with E-state index in [1.165, 1.54) is 12.1 Å². The van der Waals surface area contributed by atoms with E-state index >= 15 is 0 Å². The Bertz CT molecular complexity index is 710. The van der Waals surface area contributed by atoms with E-state index in [9.17, 15) is 9.59 Å². The van der Waals surface area contributed by atoms with E-state index in [1.807, 2.05) is 19.9 Å². The minimum atomic E-state index is -0.272. The number of rotatable bonds is 5. The molecule has 0 saturated heterocycles. The van der Waals surface area contributed by atoms with Gasteiger partial charge in [0.1, 0.15) is 11.5 Å². The summed E-state index contributed by atoms with van der Waals surface area (Å²) in [6.45, 7) is 4.46. The fourth-order valence-corrected chi connectivity index (χ4v) is 1.91. The highest BCUT2D eigenvalue weighted by Gasteiger charge is 2.01. The highest BCUT2D eigenvalue weighted by molar-refractivity contribution is 6.01. The number of anilines is 1. The molecule has 1 amide bonds. The van der Waals surface area contributed by atoms with Gasteiger partial charge in [-0.05, 0) is 37.6 Å². The van der Waals surface area contributed by atoms with Crippen molar-refractivity contribution < 1.29 is 9.21 Å². The highest BCUT2D eigenvalue weighted by Crippen LogP contribution is 2.09. The Kier molecular flexibility index (Phi) is 4.77. The molecule has 2 heterocycles. The van der Waals surface area contributed by atoms with Crippen molar-refractivity contribution in [1.29, 1.82) is 0 Å². The quantitative estimate of drug-likeness (QED) is 0.860. The van der Waals surface area contributed by atoms with Crippen molar-refractivity contribution in [3.63, 3.8) is 0 Å². The second-order valence-electron chi connectivity index (χ2n) is 4.72. The number of pyridine rings is 1. The van der Waals surface area contributed by atoms with Gasteiger partial charge in [-0.3, -0.25) is 9.59 Å². The van der Waals surface area contributed by atoms with E-state index < -0.39 is 0 Å². The number of aromatic nitrogens is 1. The monoisotopic (exact) mass is 286 g/mol. The zero-order valence-electron chi connectivity index (χ0n) is 12.1. The van der Waals surface area contributed by atoms with Crippen LogP contribution in [0.4, 0.5) is 5.69 Å². The molecule has 0 aliphatic rings. The van der Waals surface area contributed by atoms with Crippen molar-refractivity contribution in [3.8, 4) is 0 Å². The van der Waals surface area contributed by atoms with Crippen molar-refractivity contribution in [2.45, 2.75) is 26.8 Å².